The number of carbonyl (C=O) groups is 1. The van der Waals surface area contributed by atoms with Crippen LogP contribution in [0.2, 0.25) is 0 Å². The molecule has 23 heavy (non-hydrogen) atoms. The van der Waals surface area contributed by atoms with E-state index in [9.17, 15) is 9.18 Å². The standard InChI is InChI=1S/C16H10BrFN2O3/c17-13-8-11(18)6-7-12(13)16(21)22-9-14-19-20-15(23-14)10-4-2-1-3-5-10/h1-8H,9H2. The van der Waals surface area contributed by atoms with Gasteiger partial charge in [-0.3, -0.25) is 0 Å². The van der Waals surface area contributed by atoms with Gasteiger partial charge in [0.1, 0.15) is 5.82 Å². The second-order valence-corrected chi connectivity index (χ2v) is 5.42. The van der Waals surface area contributed by atoms with Crippen molar-refractivity contribution >= 4 is 21.9 Å². The van der Waals surface area contributed by atoms with E-state index in [1.807, 2.05) is 30.3 Å². The molecule has 1 aromatic heterocycles. The Balaban J connectivity index is 1.67. The fourth-order valence-electron chi connectivity index (χ4n) is 1.87. The quantitative estimate of drug-likeness (QED) is 0.644. The van der Waals surface area contributed by atoms with Gasteiger partial charge in [0.2, 0.25) is 5.89 Å². The number of nitrogens with zero attached hydrogens (tertiary/aromatic N) is 2. The SMILES string of the molecule is O=C(OCc1nnc(-c2ccccc2)o1)c1ccc(F)cc1Br. The summed E-state index contributed by atoms with van der Waals surface area (Å²) in [6.45, 7) is -0.164. The van der Waals surface area contributed by atoms with Crippen molar-refractivity contribution in [3.63, 3.8) is 0 Å². The lowest BCUT2D eigenvalue weighted by molar-refractivity contribution is 0.0437. The third kappa shape index (κ3) is 3.62. The zero-order chi connectivity index (χ0) is 16.2. The van der Waals surface area contributed by atoms with E-state index >= 15 is 0 Å². The molecule has 0 unspecified atom stereocenters. The molecule has 0 bridgehead atoms. The van der Waals surface area contributed by atoms with E-state index in [2.05, 4.69) is 26.1 Å². The Morgan fingerprint density at radius 2 is 1.96 bits per heavy atom. The Morgan fingerprint density at radius 3 is 2.70 bits per heavy atom. The van der Waals surface area contributed by atoms with E-state index in [4.69, 9.17) is 9.15 Å². The number of aromatic nitrogens is 2. The number of halogens is 2. The summed E-state index contributed by atoms with van der Waals surface area (Å²) in [7, 11) is 0. The van der Waals surface area contributed by atoms with Gasteiger partial charge in [-0.1, -0.05) is 18.2 Å². The monoisotopic (exact) mass is 376 g/mol. The van der Waals surface area contributed by atoms with Crippen LogP contribution in [0, 0.1) is 5.82 Å². The Kier molecular flexibility index (Phi) is 4.47. The molecule has 7 heteroatoms. The van der Waals surface area contributed by atoms with Crippen molar-refractivity contribution in [2.45, 2.75) is 6.61 Å². The third-order valence-corrected chi connectivity index (χ3v) is 3.62. The molecule has 1 heterocycles. The molecule has 2 aromatic carbocycles. The van der Waals surface area contributed by atoms with Crippen molar-refractivity contribution in [1.82, 2.24) is 10.2 Å². The molecular formula is C16H10BrFN2O3. The molecule has 0 spiro atoms. The second kappa shape index (κ2) is 6.70. The summed E-state index contributed by atoms with van der Waals surface area (Å²) in [6, 6.07) is 13.0. The minimum atomic E-state index is -0.615. The van der Waals surface area contributed by atoms with Crippen LogP contribution in [0.5, 0.6) is 0 Å². The molecular weight excluding hydrogens is 367 g/mol. The van der Waals surface area contributed by atoms with E-state index in [0.717, 1.165) is 5.56 Å². The maximum atomic E-state index is 13.0. The number of ether oxygens (including phenoxy) is 1. The molecule has 0 saturated carbocycles. The van der Waals surface area contributed by atoms with Crippen molar-refractivity contribution < 1.29 is 18.3 Å². The van der Waals surface area contributed by atoms with Crippen LogP contribution < -0.4 is 0 Å². The summed E-state index contributed by atoms with van der Waals surface area (Å²) in [4.78, 5) is 12.0. The van der Waals surface area contributed by atoms with E-state index in [1.165, 1.54) is 18.2 Å². The van der Waals surface area contributed by atoms with Crippen LogP contribution in [0.25, 0.3) is 11.5 Å². The van der Waals surface area contributed by atoms with Crippen LogP contribution in [0.3, 0.4) is 0 Å². The number of hydrogen-bond acceptors (Lipinski definition) is 5. The summed E-state index contributed by atoms with van der Waals surface area (Å²) in [5.41, 5.74) is 0.994. The van der Waals surface area contributed by atoms with Crippen LogP contribution in [0.4, 0.5) is 4.39 Å². The molecule has 0 aliphatic carbocycles. The molecule has 0 radical (unpaired) electrons. The van der Waals surface area contributed by atoms with Crippen molar-refractivity contribution in [3.05, 3.63) is 70.3 Å². The molecule has 3 aromatic rings. The maximum Gasteiger partial charge on any atom is 0.339 e. The topological polar surface area (TPSA) is 65.2 Å². The zero-order valence-corrected chi connectivity index (χ0v) is 13.3. The average molecular weight is 377 g/mol. The van der Waals surface area contributed by atoms with Gasteiger partial charge in [-0.25, -0.2) is 9.18 Å². The second-order valence-electron chi connectivity index (χ2n) is 4.57. The fourth-order valence-corrected chi connectivity index (χ4v) is 2.38. The number of hydrogen-bond donors (Lipinski definition) is 0. The summed E-state index contributed by atoms with van der Waals surface area (Å²) in [6.07, 6.45) is 0. The molecule has 0 fully saturated rings. The van der Waals surface area contributed by atoms with Crippen molar-refractivity contribution in [1.29, 1.82) is 0 Å². The van der Waals surface area contributed by atoms with Crippen LogP contribution in [0.1, 0.15) is 16.2 Å². The van der Waals surface area contributed by atoms with Gasteiger partial charge in [0.15, 0.2) is 6.61 Å². The predicted molar refractivity (Wildman–Crippen MR) is 83.0 cm³/mol. The average Bonchev–Trinajstić information content (AvgIpc) is 3.02. The van der Waals surface area contributed by atoms with Crippen LogP contribution in [-0.4, -0.2) is 16.2 Å². The highest BCUT2D eigenvalue weighted by Crippen LogP contribution is 2.20. The smallest absolute Gasteiger partial charge is 0.339 e. The minimum Gasteiger partial charge on any atom is -0.452 e. The molecule has 0 atom stereocenters. The molecule has 0 N–H and O–H groups in total. The van der Waals surface area contributed by atoms with Gasteiger partial charge >= 0.3 is 5.97 Å². The first-order chi connectivity index (χ1) is 11.1. The van der Waals surface area contributed by atoms with Gasteiger partial charge in [-0.15, -0.1) is 10.2 Å². The number of esters is 1. The fraction of sp³-hybridized carbons (Fsp3) is 0.0625. The number of rotatable bonds is 4. The molecule has 0 aliphatic rings. The maximum absolute atomic E-state index is 13.0. The highest BCUT2D eigenvalue weighted by molar-refractivity contribution is 9.10. The van der Waals surface area contributed by atoms with Gasteiger partial charge in [0, 0.05) is 10.0 Å². The third-order valence-electron chi connectivity index (χ3n) is 2.97. The summed E-state index contributed by atoms with van der Waals surface area (Å²) in [5, 5.41) is 7.73. The molecule has 0 aliphatic heterocycles. The van der Waals surface area contributed by atoms with E-state index in [0.29, 0.717) is 10.4 Å². The first-order valence-electron chi connectivity index (χ1n) is 6.63. The highest BCUT2D eigenvalue weighted by atomic mass is 79.9. The first kappa shape index (κ1) is 15.4. The van der Waals surface area contributed by atoms with Crippen LogP contribution >= 0.6 is 15.9 Å². The van der Waals surface area contributed by atoms with E-state index in [-0.39, 0.29) is 18.1 Å². The van der Waals surface area contributed by atoms with Crippen LogP contribution in [-0.2, 0) is 11.3 Å². The molecule has 0 saturated heterocycles. The van der Waals surface area contributed by atoms with Crippen molar-refractivity contribution in [2.24, 2.45) is 0 Å². The van der Waals surface area contributed by atoms with E-state index < -0.39 is 11.8 Å². The molecule has 5 nitrogen and oxygen atoms in total. The van der Waals surface area contributed by atoms with Crippen molar-refractivity contribution in [3.8, 4) is 11.5 Å². The first-order valence-corrected chi connectivity index (χ1v) is 7.43. The minimum absolute atomic E-state index is 0.164. The predicted octanol–water partition coefficient (Wildman–Crippen LogP) is 4.00. The Bertz CT molecular complexity index is 836. The Hall–Kier alpha value is -2.54. The molecule has 116 valence electrons. The highest BCUT2D eigenvalue weighted by Gasteiger charge is 2.15. The number of carbonyl (C=O) groups excluding carboxylic acids is 1. The largest absolute Gasteiger partial charge is 0.452 e. The summed E-state index contributed by atoms with van der Waals surface area (Å²) in [5.74, 6) is -0.538. The number of benzene rings is 2. The van der Waals surface area contributed by atoms with Gasteiger partial charge in [0.25, 0.3) is 5.89 Å². The van der Waals surface area contributed by atoms with Gasteiger partial charge in [-0.2, -0.15) is 0 Å². The van der Waals surface area contributed by atoms with Gasteiger partial charge in [0.05, 0.1) is 5.56 Å². The van der Waals surface area contributed by atoms with E-state index in [1.54, 1.807) is 0 Å². The van der Waals surface area contributed by atoms with Crippen LogP contribution in [0.15, 0.2) is 57.4 Å². The summed E-state index contributed by atoms with van der Waals surface area (Å²) >= 11 is 3.12. The lowest BCUT2D eigenvalue weighted by Gasteiger charge is -2.04. The normalized spacial score (nSPS) is 10.5. The Labute approximate surface area is 139 Å². The van der Waals surface area contributed by atoms with Crippen molar-refractivity contribution in [2.75, 3.05) is 0 Å². The lowest BCUT2D eigenvalue weighted by Crippen LogP contribution is -2.06. The van der Waals surface area contributed by atoms with Gasteiger partial charge < -0.3 is 9.15 Å². The molecule has 0 amide bonds. The lowest BCUT2D eigenvalue weighted by atomic mass is 10.2. The van der Waals surface area contributed by atoms with Gasteiger partial charge in [-0.05, 0) is 46.3 Å². The Morgan fingerprint density at radius 1 is 1.17 bits per heavy atom. The molecule has 3 rings (SSSR count). The summed E-state index contributed by atoms with van der Waals surface area (Å²) < 4.78 is 23.9. The zero-order valence-electron chi connectivity index (χ0n) is 11.7.